The second kappa shape index (κ2) is 2.99. The molecule has 2 nitrogen and oxygen atoms in total. The molecule has 0 aromatic heterocycles. The molecule has 0 radical (unpaired) electrons. The van der Waals surface area contributed by atoms with Crippen LogP contribution in [0.5, 0.6) is 0 Å². The van der Waals surface area contributed by atoms with Gasteiger partial charge in [0.25, 0.3) is 0 Å². The molecule has 2 heteroatoms. The number of hydrogen-bond donors (Lipinski definition) is 1. The Morgan fingerprint density at radius 3 is 2.36 bits per heavy atom. The zero-order valence-electron chi connectivity index (χ0n) is 8.37. The molecular weight excluding hydrogens is 172 g/mol. The Bertz CT molecular complexity index is 308. The monoisotopic (exact) mass is 188 g/mol. The fourth-order valence-corrected chi connectivity index (χ4v) is 2.53. The number of anilines is 1. The van der Waals surface area contributed by atoms with Crippen molar-refractivity contribution in [1.29, 1.82) is 0 Å². The zero-order chi connectivity index (χ0) is 9.43. The SMILES string of the molecule is c1ccc(NN2CC3(CCC3)C2)cc1. The smallest absolute Gasteiger partial charge is 0.0490 e. The highest BCUT2D eigenvalue weighted by molar-refractivity contribution is 5.41. The van der Waals surface area contributed by atoms with Gasteiger partial charge in [-0.3, -0.25) is 0 Å². The largest absolute Gasteiger partial charge is 0.319 e. The Morgan fingerprint density at radius 2 is 1.79 bits per heavy atom. The zero-order valence-corrected chi connectivity index (χ0v) is 8.37. The molecule has 1 aromatic rings. The molecule has 0 atom stereocenters. The van der Waals surface area contributed by atoms with Crippen molar-refractivity contribution in [1.82, 2.24) is 5.01 Å². The van der Waals surface area contributed by atoms with Crippen LogP contribution in [0.15, 0.2) is 30.3 Å². The van der Waals surface area contributed by atoms with Gasteiger partial charge in [-0.05, 0) is 30.4 Å². The van der Waals surface area contributed by atoms with E-state index in [1.807, 2.05) is 0 Å². The fourth-order valence-electron chi connectivity index (χ4n) is 2.53. The number of hydrogen-bond acceptors (Lipinski definition) is 2. The molecule has 1 aliphatic heterocycles. The number of benzene rings is 1. The van der Waals surface area contributed by atoms with Gasteiger partial charge in [-0.1, -0.05) is 24.6 Å². The van der Waals surface area contributed by atoms with E-state index >= 15 is 0 Å². The molecule has 1 aromatic carbocycles. The topological polar surface area (TPSA) is 15.3 Å². The minimum atomic E-state index is 0.710. The Labute approximate surface area is 84.9 Å². The summed E-state index contributed by atoms with van der Waals surface area (Å²) >= 11 is 0. The number of rotatable bonds is 2. The maximum atomic E-state index is 3.44. The molecule has 1 saturated carbocycles. The summed E-state index contributed by atoms with van der Waals surface area (Å²) < 4.78 is 0. The van der Waals surface area contributed by atoms with Gasteiger partial charge in [0.1, 0.15) is 0 Å². The summed E-state index contributed by atoms with van der Waals surface area (Å²) in [5, 5.41) is 2.33. The molecule has 0 unspecified atom stereocenters. The molecule has 1 heterocycles. The van der Waals surface area contributed by atoms with Crippen LogP contribution in [-0.4, -0.2) is 18.1 Å². The Kier molecular flexibility index (Phi) is 1.77. The molecule has 74 valence electrons. The molecule has 1 aliphatic carbocycles. The molecule has 1 spiro atoms. The molecular formula is C12H16N2. The van der Waals surface area contributed by atoms with Crippen molar-refractivity contribution in [3.05, 3.63) is 30.3 Å². The van der Waals surface area contributed by atoms with Gasteiger partial charge in [-0.2, -0.15) is 0 Å². The van der Waals surface area contributed by atoms with Gasteiger partial charge in [-0.15, -0.1) is 0 Å². The lowest BCUT2D eigenvalue weighted by Crippen LogP contribution is -2.61. The molecule has 0 bridgehead atoms. The van der Waals surface area contributed by atoms with E-state index in [4.69, 9.17) is 0 Å². The molecule has 1 saturated heterocycles. The Hall–Kier alpha value is -1.02. The first-order valence-corrected chi connectivity index (χ1v) is 5.43. The quantitative estimate of drug-likeness (QED) is 0.767. The molecule has 0 amide bonds. The van der Waals surface area contributed by atoms with Gasteiger partial charge >= 0.3 is 0 Å². The second-order valence-electron chi connectivity index (χ2n) is 4.69. The van der Waals surface area contributed by atoms with Crippen molar-refractivity contribution in [2.75, 3.05) is 18.5 Å². The average molecular weight is 188 g/mol. The average Bonchev–Trinajstić information content (AvgIpc) is 2.09. The maximum absolute atomic E-state index is 3.44. The molecule has 2 fully saturated rings. The summed E-state index contributed by atoms with van der Waals surface area (Å²) in [6.45, 7) is 2.48. The molecule has 1 N–H and O–H groups in total. The first kappa shape index (κ1) is 8.30. The van der Waals surface area contributed by atoms with Crippen LogP contribution in [0, 0.1) is 5.41 Å². The third kappa shape index (κ3) is 1.30. The van der Waals surface area contributed by atoms with Gasteiger partial charge in [0.15, 0.2) is 0 Å². The van der Waals surface area contributed by atoms with Gasteiger partial charge in [0.2, 0.25) is 0 Å². The summed E-state index contributed by atoms with van der Waals surface area (Å²) in [6.07, 6.45) is 4.33. The third-order valence-corrected chi connectivity index (χ3v) is 3.53. The summed E-state index contributed by atoms with van der Waals surface area (Å²) in [6, 6.07) is 10.4. The lowest BCUT2D eigenvalue weighted by molar-refractivity contribution is -0.0443. The Morgan fingerprint density at radius 1 is 1.07 bits per heavy atom. The van der Waals surface area contributed by atoms with Crippen LogP contribution in [0.1, 0.15) is 19.3 Å². The van der Waals surface area contributed by atoms with Crippen molar-refractivity contribution >= 4 is 5.69 Å². The summed E-state index contributed by atoms with van der Waals surface area (Å²) in [5.41, 5.74) is 5.36. The van der Waals surface area contributed by atoms with Crippen molar-refractivity contribution in [3.8, 4) is 0 Å². The third-order valence-electron chi connectivity index (χ3n) is 3.53. The van der Waals surface area contributed by atoms with Crippen LogP contribution in [0.4, 0.5) is 5.69 Å². The van der Waals surface area contributed by atoms with Crippen LogP contribution >= 0.6 is 0 Å². The normalized spacial score (nSPS) is 24.0. The van der Waals surface area contributed by atoms with E-state index in [-0.39, 0.29) is 0 Å². The van der Waals surface area contributed by atoms with E-state index < -0.39 is 0 Å². The van der Waals surface area contributed by atoms with Gasteiger partial charge < -0.3 is 5.43 Å². The van der Waals surface area contributed by atoms with Crippen LogP contribution in [0.25, 0.3) is 0 Å². The summed E-state index contributed by atoms with van der Waals surface area (Å²) in [7, 11) is 0. The van der Waals surface area contributed by atoms with Gasteiger partial charge in [0, 0.05) is 18.8 Å². The maximum Gasteiger partial charge on any atom is 0.0490 e. The highest BCUT2D eigenvalue weighted by atomic mass is 15.5. The number of nitrogens with one attached hydrogen (secondary N) is 1. The predicted molar refractivity (Wildman–Crippen MR) is 57.9 cm³/mol. The van der Waals surface area contributed by atoms with Crippen LogP contribution in [0.2, 0.25) is 0 Å². The van der Waals surface area contributed by atoms with E-state index in [0.717, 1.165) is 0 Å². The summed E-state index contributed by atoms with van der Waals surface area (Å²) in [5.74, 6) is 0. The molecule has 2 aliphatic rings. The van der Waals surface area contributed by atoms with E-state index in [2.05, 4.69) is 40.8 Å². The van der Waals surface area contributed by atoms with Gasteiger partial charge in [-0.25, -0.2) is 5.01 Å². The highest BCUT2D eigenvalue weighted by Crippen LogP contribution is 2.47. The highest BCUT2D eigenvalue weighted by Gasteiger charge is 2.47. The van der Waals surface area contributed by atoms with E-state index in [1.54, 1.807) is 0 Å². The number of nitrogens with zero attached hydrogens (tertiary/aromatic N) is 1. The second-order valence-corrected chi connectivity index (χ2v) is 4.69. The number of hydrazine groups is 1. The first-order valence-electron chi connectivity index (χ1n) is 5.43. The lowest BCUT2D eigenvalue weighted by Gasteiger charge is -2.55. The minimum absolute atomic E-state index is 0.710. The Balaban J connectivity index is 1.56. The van der Waals surface area contributed by atoms with Crippen LogP contribution < -0.4 is 5.43 Å². The number of para-hydroxylation sites is 1. The van der Waals surface area contributed by atoms with E-state index in [0.29, 0.717) is 5.41 Å². The van der Waals surface area contributed by atoms with Crippen molar-refractivity contribution in [2.24, 2.45) is 5.41 Å². The van der Waals surface area contributed by atoms with Crippen molar-refractivity contribution < 1.29 is 0 Å². The first-order chi connectivity index (χ1) is 6.86. The van der Waals surface area contributed by atoms with Crippen LogP contribution in [0.3, 0.4) is 0 Å². The standard InChI is InChI=1S/C12H16N2/c1-2-5-11(6-3-1)13-14-9-12(10-14)7-4-8-12/h1-3,5-6,13H,4,7-10H2. The van der Waals surface area contributed by atoms with Crippen molar-refractivity contribution in [3.63, 3.8) is 0 Å². The van der Waals surface area contributed by atoms with Gasteiger partial charge in [0.05, 0.1) is 0 Å². The molecule has 3 rings (SSSR count). The van der Waals surface area contributed by atoms with E-state index in [9.17, 15) is 0 Å². The fraction of sp³-hybridized carbons (Fsp3) is 0.500. The lowest BCUT2D eigenvalue weighted by atomic mass is 9.64. The van der Waals surface area contributed by atoms with Crippen molar-refractivity contribution in [2.45, 2.75) is 19.3 Å². The van der Waals surface area contributed by atoms with E-state index in [1.165, 1.54) is 38.0 Å². The molecule has 14 heavy (non-hydrogen) atoms. The minimum Gasteiger partial charge on any atom is -0.319 e. The predicted octanol–water partition coefficient (Wildman–Crippen LogP) is 2.50. The summed E-state index contributed by atoms with van der Waals surface area (Å²) in [4.78, 5) is 0. The van der Waals surface area contributed by atoms with Crippen LogP contribution in [-0.2, 0) is 0 Å².